The molecule has 4 rings (SSSR count). The quantitative estimate of drug-likeness (QED) is 0.654. The van der Waals surface area contributed by atoms with Crippen molar-refractivity contribution >= 4 is 17.2 Å². The Balaban J connectivity index is 1.43. The molecule has 8 heteroatoms. The number of benzene rings is 1. The molecule has 31 heavy (non-hydrogen) atoms. The lowest BCUT2D eigenvalue weighted by Gasteiger charge is -2.24. The number of hydrogen-bond acceptors (Lipinski definition) is 7. The monoisotopic (exact) mass is 438 g/mol. The van der Waals surface area contributed by atoms with Crippen molar-refractivity contribution in [3.63, 3.8) is 0 Å². The second kappa shape index (κ2) is 9.11. The molecular formula is C23H26N4O3S. The molecule has 1 atom stereocenters. The molecule has 3 aromatic rings. The minimum atomic E-state index is -1.05. The van der Waals surface area contributed by atoms with E-state index in [0.29, 0.717) is 49.7 Å². The Labute approximate surface area is 185 Å². The molecule has 0 unspecified atom stereocenters. The number of aryl methyl sites for hydroxylation is 2. The summed E-state index contributed by atoms with van der Waals surface area (Å²) < 4.78 is 5.86. The van der Waals surface area contributed by atoms with E-state index < -0.39 is 5.60 Å². The van der Waals surface area contributed by atoms with Gasteiger partial charge in [-0.05, 0) is 38.8 Å². The van der Waals surface area contributed by atoms with Crippen LogP contribution in [0.1, 0.15) is 51.0 Å². The van der Waals surface area contributed by atoms with Crippen molar-refractivity contribution in [3.8, 4) is 5.75 Å². The molecule has 162 valence electrons. The Morgan fingerprint density at radius 3 is 2.71 bits per heavy atom. The highest BCUT2D eigenvalue weighted by molar-refractivity contribution is 7.11. The summed E-state index contributed by atoms with van der Waals surface area (Å²) in [6, 6.07) is 9.65. The zero-order valence-electron chi connectivity index (χ0n) is 17.7. The van der Waals surface area contributed by atoms with Gasteiger partial charge < -0.3 is 14.7 Å². The van der Waals surface area contributed by atoms with Crippen LogP contribution in [0.4, 0.5) is 0 Å². The standard InChI is InChI=1S/C23H26N4O3S/c1-16-13-25-19(14-24-16)21(28)27-11-6-9-23(29,10-12-27)22-26-17(2)20(31-22)15-30-18-7-4-3-5-8-18/h3-5,7-8,13-14,29H,6,9-12,15H2,1-2H3/t23-/m0/s1. The van der Waals surface area contributed by atoms with Crippen LogP contribution in [0.25, 0.3) is 0 Å². The van der Waals surface area contributed by atoms with Gasteiger partial charge in [0.25, 0.3) is 5.91 Å². The molecule has 3 heterocycles. The van der Waals surface area contributed by atoms with Gasteiger partial charge in [-0.2, -0.15) is 0 Å². The lowest BCUT2D eigenvalue weighted by Crippen LogP contribution is -2.34. The van der Waals surface area contributed by atoms with Gasteiger partial charge in [0.2, 0.25) is 0 Å². The molecule has 1 fully saturated rings. The highest BCUT2D eigenvalue weighted by Crippen LogP contribution is 2.37. The third kappa shape index (κ3) is 4.91. The van der Waals surface area contributed by atoms with Crippen LogP contribution < -0.4 is 4.74 Å². The predicted molar refractivity (Wildman–Crippen MR) is 118 cm³/mol. The van der Waals surface area contributed by atoms with Crippen LogP contribution in [0.2, 0.25) is 0 Å². The molecule has 0 saturated carbocycles. The first-order valence-corrected chi connectivity index (χ1v) is 11.2. The van der Waals surface area contributed by atoms with Crippen LogP contribution in [-0.2, 0) is 12.2 Å². The maximum absolute atomic E-state index is 12.8. The summed E-state index contributed by atoms with van der Waals surface area (Å²) in [5.41, 5.74) is 0.930. The highest BCUT2D eigenvalue weighted by Gasteiger charge is 2.36. The maximum Gasteiger partial charge on any atom is 0.274 e. The molecule has 7 nitrogen and oxygen atoms in total. The van der Waals surface area contributed by atoms with E-state index in [-0.39, 0.29) is 5.91 Å². The van der Waals surface area contributed by atoms with E-state index in [0.717, 1.165) is 22.0 Å². The number of likely N-dealkylation sites (tertiary alicyclic amines) is 1. The van der Waals surface area contributed by atoms with Crippen LogP contribution in [-0.4, -0.2) is 44.0 Å². The molecular weight excluding hydrogens is 412 g/mol. The Morgan fingerprint density at radius 2 is 1.97 bits per heavy atom. The number of para-hydroxylation sites is 1. The van der Waals surface area contributed by atoms with E-state index in [2.05, 4.69) is 15.0 Å². The van der Waals surface area contributed by atoms with Gasteiger partial charge in [0, 0.05) is 25.7 Å². The fourth-order valence-corrected chi connectivity index (χ4v) is 4.75. The van der Waals surface area contributed by atoms with Crippen molar-refractivity contribution < 1.29 is 14.6 Å². The number of ether oxygens (including phenoxy) is 1. The van der Waals surface area contributed by atoms with E-state index in [1.54, 1.807) is 11.1 Å². The Morgan fingerprint density at radius 1 is 1.16 bits per heavy atom. The summed E-state index contributed by atoms with van der Waals surface area (Å²) in [5.74, 6) is 0.655. The number of carbonyl (C=O) groups is 1. The average Bonchev–Trinajstić information content (AvgIpc) is 3.04. The first-order valence-electron chi connectivity index (χ1n) is 10.4. The van der Waals surface area contributed by atoms with Crippen LogP contribution in [0.15, 0.2) is 42.7 Å². The van der Waals surface area contributed by atoms with Crippen LogP contribution in [0, 0.1) is 13.8 Å². The molecule has 0 spiro atoms. The van der Waals surface area contributed by atoms with Crippen molar-refractivity contribution in [3.05, 3.63) is 69.7 Å². The number of hydrogen-bond donors (Lipinski definition) is 1. The average molecular weight is 439 g/mol. The van der Waals surface area contributed by atoms with Gasteiger partial charge in [-0.3, -0.25) is 9.78 Å². The van der Waals surface area contributed by atoms with Crippen LogP contribution in [0.3, 0.4) is 0 Å². The Hall–Kier alpha value is -2.84. The van der Waals surface area contributed by atoms with E-state index in [1.807, 2.05) is 44.2 Å². The molecule has 1 amide bonds. The summed E-state index contributed by atoms with van der Waals surface area (Å²) >= 11 is 1.49. The van der Waals surface area contributed by atoms with Gasteiger partial charge >= 0.3 is 0 Å². The zero-order valence-corrected chi connectivity index (χ0v) is 18.6. The molecule has 1 aliphatic rings. The Kier molecular flexibility index (Phi) is 6.29. The van der Waals surface area contributed by atoms with Gasteiger partial charge in [0.05, 0.1) is 22.5 Å². The molecule has 0 bridgehead atoms. The molecule has 2 aromatic heterocycles. The highest BCUT2D eigenvalue weighted by atomic mass is 32.1. The summed E-state index contributed by atoms with van der Waals surface area (Å²) in [7, 11) is 0. The normalized spacial score (nSPS) is 19.1. The predicted octanol–water partition coefficient (Wildman–Crippen LogP) is 3.64. The fraction of sp³-hybridized carbons (Fsp3) is 0.391. The molecule has 0 aliphatic carbocycles. The SMILES string of the molecule is Cc1cnc(C(=O)N2CCC[C@@](O)(c3nc(C)c(COc4ccccc4)s3)CC2)cn1. The van der Waals surface area contributed by atoms with Gasteiger partial charge in [0.15, 0.2) is 0 Å². The first-order chi connectivity index (χ1) is 14.9. The van der Waals surface area contributed by atoms with Gasteiger partial charge in [-0.1, -0.05) is 18.2 Å². The molecule has 1 aliphatic heterocycles. The smallest absolute Gasteiger partial charge is 0.274 e. The number of thiazole rings is 1. The Bertz CT molecular complexity index is 1040. The van der Waals surface area contributed by atoms with Crippen molar-refractivity contribution in [2.75, 3.05) is 13.1 Å². The molecule has 1 aromatic carbocycles. The van der Waals surface area contributed by atoms with E-state index >= 15 is 0 Å². The van der Waals surface area contributed by atoms with E-state index in [4.69, 9.17) is 4.74 Å². The van der Waals surface area contributed by atoms with Crippen molar-refractivity contribution in [1.82, 2.24) is 19.9 Å². The largest absolute Gasteiger partial charge is 0.488 e. The number of aromatic nitrogens is 3. The van der Waals surface area contributed by atoms with Crippen molar-refractivity contribution in [2.45, 2.75) is 45.3 Å². The summed E-state index contributed by atoms with van der Waals surface area (Å²) in [5, 5.41) is 12.1. The second-order valence-corrected chi connectivity index (χ2v) is 8.93. The van der Waals surface area contributed by atoms with E-state index in [9.17, 15) is 9.90 Å². The summed E-state index contributed by atoms with van der Waals surface area (Å²) in [6.45, 7) is 5.21. The molecule has 1 N–H and O–H groups in total. The maximum atomic E-state index is 12.8. The summed E-state index contributed by atoms with van der Waals surface area (Å²) in [4.78, 5) is 28.6. The third-order valence-corrected chi connectivity index (χ3v) is 6.83. The van der Waals surface area contributed by atoms with Crippen LogP contribution in [0.5, 0.6) is 5.75 Å². The first kappa shape index (κ1) is 21.4. The molecule has 1 saturated heterocycles. The zero-order chi connectivity index (χ0) is 21.8. The number of aliphatic hydroxyl groups is 1. The second-order valence-electron chi connectivity index (χ2n) is 7.85. The van der Waals surface area contributed by atoms with Gasteiger partial charge in [0.1, 0.15) is 28.7 Å². The van der Waals surface area contributed by atoms with Crippen LogP contribution >= 0.6 is 11.3 Å². The third-order valence-electron chi connectivity index (χ3n) is 5.50. The lowest BCUT2D eigenvalue weighted by molar-refractivity contribution is 0.0209. The minimum Gasteiger partial charge on any atom is -0.488 e. The fourth-order valence-electron chi connectivity index (χ4n) is 3.63. The number of rotatable bonds is 5. The topological polar surface area (TPSA) is 88.4 Å². The van der Waals surface area contributed by atoms with E-state index in [1.165, 1.54) is 17.5 Å². The molecule has 0 radical (unpaired) electrons. The minimum absolute atomic E-state index is 0.149. The van der Waals surface area contributed by atoms with Crippen molar-refractivity contribution in [1.29, 1.82) is 0 Å². The summed E-state index contributed by atoms with van der Waals surface area (Å²) in [6.07, 6.45) is 4.79. The van der Waals surface area contributed by atoms with Crippen molar-refractivity contribution in [2.24, 2.45) is 0 Å². The van der Waals surface area contributed by atoms with Gasteiger partial charge in [-0.25, -0.2) is 9.97 Å². The number of amides is 1. The lowest BCUT2D eigenvalue weighted by atomic mass is 9.96. The van der Waals surface area contributed by atoms with Gasteiger partial charge in [-0.15, -0.1) is 11.3 Å². The number of carbonyl (C=O) groups excluding carboxylic acids is 1. The number of nitrogens with zero attached hydrogens (tertiary/aromatic N) is 4.